The van der Waals surface area contributed by atoms with Gasteiger partial charge < -0.3 is 10.7 Å². The molecular formula is C24H20ClFN6O2S. The Balaban J connectivity index is 1.78. The number of imidazole rings is 2. The van der Waals surface area contributed by atoms with Crippen LogP contribution in [0.3, 0.4) is 0 Å². The van der Waals surface area contributed by atoms with Crippen LogP contribution in [-0.2, 0) is 10.0 Å². The summed E-state index contributed by atoms with van der Waals surface area (Å²) in [7, 11) is -3.83. The van der Waals surface area contributed by atoms with Crippen molar-refractivity contribution in [1.29, 1.82) is 0 Å². The highest BCUT2D eigenvalue weighted by Crippen LogP contribution is 2.36. The number of anilines is 1. The molecule has 0 aliphatic carbocycles. The molecule has 0 amide bonds. The zero-order valence-electron chi connectivity index (χ0n) is 18.7. The quantitative estimate of drug-likeness (QED) is 0.339. The maximum absolute atomic E-state index is 14.7. The molecule has 0 aliphatic heterocycles. The number of hydrogen-bond donors (Lipinski definition) is 2. The number of fused-ring (bicyclic) bond motifs is 1. The Kier molecular flexibility index (Phi) is 5.57. The number of rotatable bonds is 5. The largest absolute Gasteiger partial charge is 0.368 e. The Bertz CT molecular complexity index is 1660. The van der Waals surface area contributed by atoms with Crippen LogP contribution in [0.2, 0.25) is 5.02 Å². The average molecular weight is 511 g/mol. The lowest BCUT2D eigenvalue weighted by Crippen LogP contribution is -2.24. The second-order valence-electron chi connectivity index (χ2n) is 8.14. The maximum Gasteiger partial charge on any atom is 0.245 e. The third kappa shape index (κ3) is 3.84. The van der Waals surface area contributed by atoms with E-state index >= 15 is 0 Å². The smallest absolute Gasteiger partial charge is 0.245 e. The summed E-state index contributed by atoms with van der Waals surface area (Å²) in [6, 6.07) is 17.0. The molecule has 3 N–H and O–H groups in total. The van der Waals surface area contributed by atoms with Crippen molar-refractivity contribution in [2.24, 2.45) is 0 Å². The van der Waals surface area contributed by atoms with Crippen LogP contribution < -0.4 is 5.73 Å². The fraction of sp³-hybridized carbons (Fsp3) is 0.125. The summed E-state index contributed by atoms with van der Waals surface area (Å²) in [4.78, 5) is 16.5. The van der Waals surface area contributed by atoms with Gasteiger partial charge in [0.1, 0.15) is 17.2 Å². The molecule has 0 saturated heterocycles. The van der Waals surface area contributed by atoms with Gasteiger partial charge in [-0.2, -0.15) is 3.97 Å². The van der Waals surface area contributed by atoms with Crippen LogP contribution in [-0.4, -0.2) is 37.6 Å². The first-order chi connectivity index (χ1) is 16.7. The molecule has 0 fully saturated rings. The second kappa shape index (κ2) is 8.47. The SMILES string of the molecule is CC(C)S(=O)(=O)n1c(N)nc2ccc(-c3[nH]c(-c4c(F)cccc4Cl)nc3-c3ccccc3)nc21. The Morgan fingerprint density at radius 2 is 1.74 bits per heavy atom. The second-order valence-corrected chi connectivity index (χ2v) is 10.9. The van der Waals surface area contributed by atoms with Gasteiger partial charge in [0, 0.05) is 5.56 Å². The fourth-order valence-electron chi connectivity index (χ4n) is 3.76. The summed E-state index contributed by atoms with van der Waals surface area (Å²) < 4.78 is 41.6. The van der Waals surface area contributed by atoms with E-state index in [1.807, 2.05) is 30.3 Å². The first kappa shape index (κ1) is 23.0. The molecule has 0 spiro atoms. The number of hydrogen-bond acceptors (Lipinski definition) is 6. The van der Waals surface area contributed by atoms with Crippen LogP contribution in [0.25, 0.3) is 45.2 Å². The van der Waals surface area contributed by atoms with E-state index in [2.05, 4.69) is 19.9 Å². The molecule has 3 heterocycles. The third-order valence-electron chi connectivity index (χ3n) is 5.55. The maximum atomic E-state index is 14.7. The summed E-state index contributed by atoms with van der Waals surface area (Å²) in [5.74, 6) is -0.494. The van der Waals surface area contributed by atoms with Crippen molar-refractivity contribution >= 4 is 38.7 Å². The number of nitrogen functional groups attached to an aromatic ring is 1. The van der Waals surface area contributed by atoms with E-state index in [-0.39, 0.29) is 28.0 Å². The van der Waals surface area contributed by atoms with E-state index in [9.17, 15) is 12.8 Å². The molecule has 35 heavy (non-hydrogen) atoms. The summed E-state index contributed by atoms with van der Waals surface area (Å²) in [6.45, 7) is 3.11. The average Bonchev–Trinajstić information content (AvgIpc) is 3.40. The predicted molar refractivity (Wildman–Crippen MR) is 135 cm³/mol. The third-order valence-corrected chi connectivity index (χ3v) is 7.92. The summed E-state index contributed by atoms with van der Waals surface area (Å²) in [6.07, 6.45) is 0. The molecule has 178 valence electrons. The molecule has 0 unspecified atom stereocenters. The number of nitrogens with two attached hydrogens (primary N) is 1. The normalized spacial score (nSPS) is 12.0. The van der Waals surface area contributed by atoms with Gasteiger partial charge in [-0.15, -0.1) is 0 Å². The highest BCUT2D eigenvalue weighted by molar-refractivity contribution is 7.90. The van der Waals surface area contributed by atoms with Crippen molar-refractivity contribution in [1.82, 2.24) is 23.9 Å². The van der Waals surface area contributed by atoms with Crippen LogP contribution in [0.15, 0.2) is 60.7 Å². The Morgan fingerprint density at radius 3 is 2.43 bits per heavy atom. The molecule has 0 aliphatic rings. The number of pyridine rings is 1. The zero-order chi connectivity index (χ0) is 24.9. The lowest BCUT2D eigenvalue weighted by molar-refractivity contribution is 0.580. The van der Waals surface area contributed by atoms with E-state index in [0.717, 1.165) is 9.54 Å². The van der Waals surface area contributed by atoms with Crippen LogP contribution >= 0.6 is 11.6 Å². The highest BCUT2D eigenvalue weighted by Gasteiger charge is 2.26. The number of aromatic amines is 1. The van der Waals surface area contributed by atoms with Gasteiger partial charge in [0.25, 0.3) is 0 Å². The number of nitrogens with one attached hydrogen (secondary N) is 1. The van der Waals surface area contributed by atoms with Gasteiger partial charge in [-0.3, -0.25) is 0 Å². The number of aromatic nitrogens is 5. The molecule has 0 radical (unpaired) electrons. The monoisotopic (exact) mass is 510 g/mol. The summed E-state index contributed by atoms with van der Waals surface area (Å²) in [5, 5.41) is -0.545. The predicted octanol–water partition coefficient (Wildman–Crippen LogP) is 5.12. The Hall–Kier alpha value is -3.76. The summed E-state index contributed by atoms with van der Waals surface area (Å²) >= 11 is 6.29. The lowest BCUT2D eigenvalue weighted by atomic mass is 10.1. The topological polar surface area (TPSA) is 120 Å². The molecule has 11 heteroatoms. The molecule has 0 atom stereocenters. The van der Waals surface area contributed by atoms with Crippen LogP contribution in [0.4, 0.5) is 10.3 Å². The minimum Gasteiger partial charge on any atom is -0.368 e. The number of halogens is 2. The van der Waals surface area contributed by atoms with Gasteiger partial charge in [-0.25, -0.2) is 27.8 Å². The first-order valence-electron chi connectivity index (χ1n) is 10.7. The Morgan fingerprint density at radius 1 is 1.00 bits per heavy atom. The van der Waals surface area contributed by atoms with Crippen LogP contribution in [0, 0.1) is 5.82 Å². The van der Waals surface area contributed by atoms with E-state index < -0.39 is 21.1 Å². The fourth-order valence-corrected chi connectivity index (χ4v) is 5.11. The van der Waals surface area contributed by atoms with Gasteiger partial charge in [0.15, 0.2) is 5.65 Å². The van der Waals surface area contributed by atoms with E-state index in [1.165, 1.54) is 12.1 Å². The lowest BCUT2D eigenvalue weighted by Gasteiger charge is -2.11. The van der Waals surface area contributed by atoms with Crippen molar-refractivity contribution in [3.05, 3.63) is 71.5 Å². The van der Waals surface area contributed by atoms with E-state index in [4.69, 9.17) is 17.3 Å². The van der Waals surface area contributed by atoms with Crippen molar-refractivity contribution in [2.45, 2.75) is 19.1 Å². The van der Waals surface area contributed by atoms with Crippen LogP contribution in [0.5, 0.6) is 0 Å². The first-order valence-corrected chi connectivity index (χ1v) is 12.6. The van der Waals surface area contributed by atoms with Gasteiger partial charge in [-0.1, -0.05) is 48.0 Å². The number of H-pyrrole nitrogens is 1. The van der Waals surface area contributed by atoms with Gasteiger partial charge >= 0.3 is 0 Å². The van der Waals surface area contributed by atoms with Crippen LogP contribution in [0.1, 0.15) is 13.8 Å². The zero-order valence-corrected chi connectivity index (χ0v) is 20.3. The minimum absolute atomic E-state index is 0.0905. The Labute approximate surface area is 205 Å². The standard InChI is InChI=1S/C24H20ClFN6O2S/c1-13(2)35(33,34)32-23-18(29-24(32)27)12-11-17(28-23)21-20(14-7-4-3-5-8-14)30-22(31-21)19-15(25)9-6-10-16(19)26/h3-13H,1-2H3,(H2,27,29)(H,30,31). The summed E-state index contributed by atoms with van der Waals surface area (Å²) in [5.41, 5.74) is 8.58. The molecule has 3 aromatic heterocycles. The highest BCUT2D eigenvalue weighted by atomic mass is 35.5. The van der Waals surface area contributed by atoms with Gasteiger partial charge in [0.05, 0.1) is 32.9 Å². The molecule has 5 aromatic rings. The minimum atomic E-state index is -3.83. The van der Waals surface area contributed by atoms with Crippen molar-refractivity contribution in [2.75, 3.05) is 5.73 Å². The van der Waals surface area contributed by atoms with E-state index in [0.29, 0.717) is 22.6 Å². The van der Waals surface area contributed by atoms with Crippen molar-refractivity contribution in [3.8, 4) is 34.0 Å². The molecular weight excluding hydrogens is 491 g/mol. The van der Waals surface area contributed by atoms with Gasteiger partial charge in [0.2, 0.25) is 16.0 Å². The van der Waals surface area contributed by atoms with Gasteiger partial charge in [-0.05, 0) is 38.1 Å². The molecule has 0 bridgehead atoms. The molecule has 5 rings (SSSR count). The molecule has 0 saturated carbocycles. The van der Waals surface area contributed by atoms with Crippen molar-refractivity contribution < 1.29 is 12.8 Å². The molecule has 8 nitrogen and oxygen atoms in total. The molecule has 2 aromatic carbocycles. The van der Waals surface area contributed by atoms with E-state index in [1.54, 1.807) is 32.0 Å². The number of nitrogens with zero attached hydrogens (tertiary/aromatic N) is 4. The van der Waals surface area contributed by atoms with Crippen molar-refractivity contribution in [3.63, 3.8) is 0 Å². The number of benzene rings is 2.